The van der Waals surface area contributed by atoms with Gasteiger partial charge in [-0.3, -0.25) is 19.4 Å². The monoisotopic (exact) mass is 482 g/mol. The maximum Gasteiger partial charge on any atom is 0.272 e. The molecule has 0 bridgehead atoms. The normalized spacial score (nSPS) is 21.3. The van der Waals surface area contributed by atoms with Crippen molar-refractivity contribution in [2.75, 3.05) is 39.2 Å². The molecule has 0 unspecified atom stereocenters. The number of methoxy groups -OCH3 is 1. The summed E-state index contributed by atoms with van der Waals surface area (Å²) in [4.78, 5) is 46.1. The van der Waals surface area contributed by atoms with Gasteiger partial charge in [-0.2, -0.15) is 0 Å². The third-order valence-electron chi connectivity index (χ3n) is 6.20. The van der Waals surface area contributed by atoms with Gasteiger partial charge in [0.15, 0.2) is 0 Å². The molecule has 9 nitrogen and oxygen atoms in total. The van der Waals surface area contributed by atoms with Crippen molar-refractivity contribution in [3.05, 3.63) is 53.9 Å². The number of nitrogens with one attached hydrogen (secondary N) is 1. The number of carbonyl (C=O) groups excluding carboxylic acids is 3. The van der Waals surface area contributed by atoms with Gasteiger partial charge in [0, 0.05) is 57.5 Å². The van der Waals surface area contributed by atoms with E-state index in [2.05, 4.69) is 10.3 Å². The molecule has 1 aliphatic rings. The first-order valence-corrected chi connectivity index (χ1v) is 11.8. The van der Waals surface area contributed by atoms with Crippen molar-refractivity contribution in [3.63, 3.8) is 0 Å². The number of hydrogen-bond donors (Lipinski definition) is 1. The maximum absolute atomic E-state index is 13.4. The predicted molar refractivity (Wildman–Crippen MR) is 133 cm³/mol. The molecule has 2 aromatic rings. The summed E-state index contributed by atoms with van der Waals surface area (Å²) < 4.78 is 11.8. The summed E-state index contributed by atoms with van der Waals surface area (Å²) in [5.41, 5.74) is 1.26. The van der Waals surface area contributed by atoms with Crippen molar-refractivity contribution >= 4 is 23.4 Å². The lowest BCUT2D eigenvalue weighted by atomic mass is 10.0. The van der Waals surface area contributed by atoms with E-state index in [1.165, 1.54) is 0 Å². The van der Waals surface area contributed by atoms with Gasteiger partial charge in [0.25, 0.3) is 11.8 Å². The van der Waals surface area contributed by atoms with Crippen LogP contribution in [-0.2, 0) is 9.53 Å². The highest BCUT2D eigenvalue weighted by atomic mass is 16.5. The maximum atomic E-state index is 13.4. The largest absolute Gasteiger partial charge is 0.491 e. The smallest absolute Gasteiger partial charge is 0.272 e. The molecule has 0 fully saturated rings. The second kappa shape index (κ2) is 11.8. The van der Waals surface area contributed by atoms with Crippen molar-refractivity contribution in [2.45, 2.75) is 39.3 Å². The number of nitrogens with zero attached hydrogens (tertiary/aromatic N) is 3. The molecule has 1 aromatic carbocycles. The van der Waals surface area contributed by atoms with Crippen LogP contribution in [0.1, 0.15) is 48.0 Å². The van der Waals surface area contributed by atoms with E-state index in [9.17, 15) is 14.4 Å². The van der Waals surface area contributed by atoms with Gasteiger partial charge in [-0.1, -0.05) is 19.9 Å². The Kier molecular flexibility index (Phi) is 8.81. The fourth-order valence-corrected chi connectivity index (χ4v) is 4.02. The van der Waals surface area contributed by atoms with Gasteiger partial charge < -0.3 is 24.6 Å². The Morgan fingerprint density at radius 3 is 2.63 bits per heavy atom. The Morgan fingerprint density at radius 2 is 1.97 bits per heavy atom. The third-order valence-corrected chi connectivity index (χ3v) is 6.20. The van der Waals surface area contributed by atoms with Crippen LogP contribution in [0, 0.1) is 5.92 Å². The van der Waals surface area contributed by atoms with E-state index in [1.807, 2.05) is 13.8 Å². The average molecular weight is 483 g/mol. The fourth-order valence-electron chi connectivity index (χ4n) is 4.02. The Hall–Kier alpha value is -3.46. The van der Waals surface area contributed by atoms with E-state index < -0.39 is 0 Å². The number of aromatic nitrogens is 1. The van der Waals surface area contributed by atoms with Crippen molar-refractivity contribution in [2.24, 2.45) is 5.92 Å². The van der Waals surface area contributed by atoms with E-state index in [-0.39, 0.29) is 42.4 Å². The molecular formula is C26H34N4O5. The molecule has 1 N–H and O–H groups in total. The van der Waals surface area contributed by atoms with Crippen molar-refractivity contribution < 1.29 is 23.9 Å². The lowest BCUT2D eigenvalue weighted by Crippen LogP contribution is -2.48. The van der Waals surface area contributed by atoms with E-state index in [4.69, 9.17) is 9.47 Å². The zero-order valence-electron chi connectivity index (χ0n) is 21.0. The van der Waals surface area contributed by atoms with Gasteiger partial charge in [-0.05, 0) is 31.2 Å². The molecule has 1 aliphatic heterocycles. The first-order chi connectivity index (χ1) is 16.7. The van der Waals surface area contributed by atoms with Gasteiger partial charge in [-0.25, -0.2) is 0 Å². The Balaban J connectivity index is 1.99. The lowest BCUT2D eigenvalue weighted by Gasteiger charge is -2.36. The molecule has 0 saturated heterocycles. The molecule has 9 heteroatoms. The SMILES string of the molecule is CCC(=O)Nc1ccc2c(c1)OC[C@@H](C)N(C(=O)c1ccccn1)C[C@@H](C)[C@@H](OC)CN(C)C2=O. The third kappa shape index (κ3) is 6.36. The summed E-state index contributed by atoms with van der Waals surface area (Å²) in [6.07, 6.45) is 1.63. The van der Waals surface area contributed by atoms with E-state index in [1.54, 1.807) is 73.5 Å². The zero-order chi connectivity index (χ0) is 25.5. The molecule has 2 heterocycles. The van der Waals surface area contributed by atoms with Crippen LogP contribution in [0.25, 0.3) is 0 Å². The predicted octanol–water partition coefficient (Wildman–Crippen LogP) is 3.08. The molecule has 35 heavy (non-hydrogen) atoms. The number of amides is 3. The topological polar surface area (TPSA) is 101 Å². The molecule has 3 atom stereocenters. The first kappa shape index (κ1) is 26.2. The van der Waals surface area contributed by atoms with Crippen LogP contribution >= 0.6 is 0 Å². The summed E-state index contributed by atoms with van der Waals surface area (Å²) in [7, 11) is 3.32. The fraction of sp³-hybridized carbons (Fsp3) is 0.462. The van der Waals surface area contributed by atoms with Gasteiger partial charge in [0.05, 0.1) is 17.7 Å². The number of anilines is 1. The molecule has 0 radical (unpaired) electrons. The van der Waals surface area contributed by atoms with Crippen LogP contribution in [0.5, 0.6) is 5.75 Å². The number of benzene rings is 1. The standard InChI is InChI=1S/C26H34N4O5/c1-6-24(31)28-19-10-11-20-22(13-19)35-16-18(3)30(26(33)21-9-7-8-12-27-21)14-17(2)23(34-5)15-29(4)25(20)32/h7-13,17-18,23H,6,14-16H2,1-5H3,(H,28,31)/t17-,18-,23+/m1/s1. The molecule has 0 aliphatic carbocycles. The summed E-state index contributed by atoms with van der Waals surface area (Å²) in [5.74, 6) is -0.267. The van der Waals surface area contributed by atoms with E-state index in [0.717, 1.165) is 0 Å². The highest BCUT2D eigenvalue weighted by Crippen LogP contribution is 2.27. The molecule has 0 saturated carbocycles. The van der Waals surface area contributed by atoms with Crippen molar-refractivity contribution in [1.82, 2.24) is 14.8 Å². The van der Waals surface area contributed by atoms with Gasteiger partial charge >= 0.3 is 0 Å². The number of likely N-dealkylation sites (N-methyl/N-ethyl adjacent to an activating group) is 1. The van der Waals surface area contributed by atoms with Crippen LogP contribution in [-0.4, -0.2) is 78.5 Å². The number of hydrogen-bond acceptors (Lipinski definition) is 6. The summed E-state index contributed by atoms with van der Waals surface area (Å²) >= 11 is 0. The molecule has 3 amide bonds. The van der Waals surface area contributed by atoms with Crippen molar-refractivity contribution in [3.8, 4) is 5.75 Å². The van der Waals surface area contributed by atoms with Crippen LogP contribution < -0.4 is 10.1 Å². The Bertz CT molecular complexity index is 1050. The Labute approximate surface area is 206 Å². The van der Waals surface area contributed by atoms with E-state index >= 15 is 0 Å². The van der Waals surface area contributed by atoms with Crippen LogP contribution in [0.4, 0.5) is 5.69 Å². The van der Waals surface area contributed by atoms with Crippen LogP contribution in [0.2, 0.25) is 0 Å². The minimum atomic E-state index is -0.321. The molecular weight excluding hydrogens is 448 g/mol. The second-order valence-corrected chi connectivity index (χ2v) is 8.88. The van der Waals surface area contributed by atoms with Gasteiger partial charge in [0.2, 0.25) is 5.91 Å². The number of ether oxygens (including phenoxy) is 2. The highest BCUT2D eigenvalue weighted by molar-refractivity contribution is 5.98. The van der Waals surface area contributed by atoms with Crippen LogP contribution in [0.15, 0.2) is 42.6 Å². The summed E-state index contributed by atoms with van der Waals surface area (Å²) in [5, 5.41) is 2.80. The minimum Gasteiger partial charge on any atom is -0.491 e. The lowest BCUT2D eigenvalue weighted by molar-refractivity contribution is -0.115. The molecule has 188 valence electrons. The van der Waals surface area contributed by atoms with Gasteiger partial charge in [0.1, 0.15) is 18.1 Å². The molecule has 0 spiro atoms. The first-order valence-electron chi connectivity index (χ1n) is 11.8. The summed E-state index contributed by atoms with van der Waals surface area (Å²) in [6.45, 7) is 6.56. The zero-order valence-corrected chi connectivity index (χ0v) is 21.0. The van der Waals surface area contributed by atoms with Crippen LogP contribution in [0.3, 0.4) is 0 Å². The quantitative estimate of drug-likeness (QED) is 0.719. The van der Waals surface area contributed by atoms with Gasteiger partial charge in [-0.15, -0.1) is 0 Å². The number of carbonyl (C=O) groups is 3. The van der Waals surface area contributed by atoms with Crippen molar-refractivity contribution in [1.29, 1.82) is 0 Å². The second-order valence-electron chi connectivity index (χ2n) is 8.88. The number of rotatable bonds is 4. The molecule has 1 aromatic heterocycles. The Morgan fingerprint density at radius 1 is 1.20 bits per heavy atom. The van der Waals surface area contributed by atoms with E-state index in [0.29, 0.717) is 42.2 Å². The number of pyridine rings is 1. The summed E-state index contributed by atoms with van der Waals surface area (Å²) in [6, 6.07) is 9.90. The highest BCUT2D eigenvalue weighted by Gasteiger charge is 2.31. The minimum absolute atomic E-state index is 0.0594. The number of fused-ring (bicyclic) bond motifs is 1. The average Bonchev–Trinajstić information content (AvgIpc) is 2.87. The molecule has 3 rings (SSSR count).